The minimum Gasteiger partial charge on any atom is -0.368 e. The van der Waals surface area contributed by atoms with E-state index in [1.54, 1.807) is 12.1 Å². The average Bonchev–Trinajstić information content (AvgIpc) is 2.39. The molecule has 1 aliphatic rings. The minimum absolute atomic E-state index is 0.0245. The second-order valence-electron chi connectivity index (χ2n) is 6.63. The largest absolute Gasteiger partial charge is 0.368 e. The van der Waals surface area contributed by atoms with Crippen molar-refractivity contribution >= 4 is 5.69 Å². The first-order chi connectivity index (χ1) is 8.88. The Morgan fingerprint density at radius 1 is 1.21 bits per heavy atom. The highest BCUT2D eigenvalue weighted by molar-refractivity contribution is 5.49. The van der Waals surface area contributed by atoms with Crippen molar-refractivity contribution in [2.24, 2.45) is 11.1 Å². The number of hydrogen-bond donors (Lipinski definition) is 1. The van der Waals surface area contributed by atoms with Crippen molar-refractivity contribution in [3.63, 3.8) is 0 Å². The third-order valence-corrected chi connectivity index (χ3v) is 4.82. The second-order valence-corrected chi connectivity index (χ2v) is 6.63. The Balaban J connectivity index is 2.22. The van der Waals surface area contributed by atoms with Gasteiger partial charge in [-0.15, -0.1) is 0 Å². The quantitative estimate of drug-likeness (QED) is 0.904. The van der Waals surface area contributed by atoms with Gasteiger partial charge in [0.25, 0.3) is 0 Å². The maximum atomic E-state index is 13.4. The lowest BCUT2D eigenvalue weighted by Crippen LogP contribution is -2.55. The van der Waals surface area contributed by atoms with Gasteiger partial charge < -0.3 is 10.6 Å². The van der Waals surface area contributed by atoms with Crippen molar-refractivity contribution in [3.05, 3.63) is 30.1 Å². The van der Waals surface area contributed by atoms with Gasteiger partial charge in [0, 0.05) is 19.3 Å². The Morgan fingerprint density at radius 3 is 2.37 bits per heavy atom. The van der Waals surface area contributed by atoms with Gasteiger partial charge in [-0.05, 0) is 49.3 Å². The molecule has 0 amide bonds. The van der Waals surface area contributed by atoms with Crippen LogP contribution in [0.5, 0.6) is 0 Å². The fourth-order valence-corrected chi connectivity index (χ4v) is 3.03. The molecule has 0 radical (unpaired) electrons. The maximum Gasteiger partial charge on any atom is 0.125 e. The standard InChI is InChI=1S/C16H25FN2/c1-15(2)7-9-16(12-18,10-8-15)19(3)14-6-4-5-13(17)11-14/h4-6,11H,7-10,12,18H2,1-3H3. The van der Waals surface area contributed by atoms with E-state index >= 15 is 0 Å². The summed E-state index contributed by atoms with van der Waals surface area (Å²) in [6.07, 6.45) is 4.49. The molecule has 2 nitrogen and oxygen atoms in total. The van der Waals surface area contributed by atoms with Crippen molar-refractivity contribution in [1.29, 1.82) is 0 Å². The van der Waals surface area contributed by atoms with Gasteiger partial charge in [0.1, 0.15) is 5.82 Å². The van der Waals surface area contributed by atoms with Crippen LogP contribution >= 0.6 is 0 Å². The fraction of sp³-hybridized carbons (Fsp3) is 0.625. The molecule has 0 atom stereocenters. The van der Waals surface area contributed by atoms with E-state index in [-0.39, 0.29) is 11.4 Å². The van der Waals surface area contributed by atoms with Crippen LogP contribution in [0.2, 0.25) is 0 Å². The van der Waals surface area contributed by atoms with Crippen LogP contribution < -0.4 is 10.6 Å². The van der Waals surface area contributed by atoms with Gasteiger partial charge in [0.2, 0.25) is 0 Å². The number of likely N-dealkylation sites (N-methyl/N-ethyl adjacent to an activating group) is 1. The highest BCUT2D eigenvalue weighted by atomic mass is 19.1. The maximum absolute atomic E-state index is 13.4. The van der Waals surface area contributed by atoms with Crippen molar-refractivity contribution in [2.75, 3.05) is 18.5 Å². The van der Waals surface area contributed by atoms with Crippen molar-refractivity contribution in [2.45, 2.75) is 45.1 Å². The van der Waals surface area contributed by atoms with Crippen molar-refractivity contribution < 1.29 is 4.39 Å². The molecule has 0 bridgehead atoms. The zero-order valence-electron chi connectivity index (χ0n) is 12.2. The summed E-state index contributed by atoms with van der Waals surface area (Å²) >= 11 is 0. The second kappa shape index (κ2) is 5.12. The molecule has 19 heavy (non-hydrogen) atoms. The van der Waals surface area contributed by atoms with Crippen LogP contribution in [0.4, 0.5) is 10.1 Å². The Bertz CT molecular complexity index is 432. The van der Waals surface area contributed by atoms with Gasteiger partial charge in [-0.3, -0.25) is 0 Å². The van der Waals surface area contributed by atoms with Crippen LogP contribution in [-0.2, 0) is 0 Å². The number of rotatable bonds is 3. The third kappa shape index (κ3) is 2.92. The zero-order valence-corrected chi connectivity index (χ0v) is 12.2. The molecule has 2 N–H and O–H groups in total. The fourth-order valence-electron chi connectivity index (χ4n) is 3.03. The molecule has 0 heterocycles. The van der Waals surface area contributed by atoms with Crippen molar-refractivity contribution in [3.8, 4) is 0 Å². The van der Waals surface area contributed by atoms with E-state index in [0.717, 1.165) is 18.5 Å². The number of nitrogens with two attached hydrogens (primary N) is 1. The Hall–Kier alpha value is -1.09. The molecule has 0 saturated heterocycles. The predicted octanol–water partition coefficient (Wildman–Crippen LogP) is 3.56. The monoisotopic (exact) mass is 264 g/mol. The topological polar surface area (TPSA) is 29.3 Å². The number of benzene rings is 1. The predicted molar refractivity (Wildman–Crippen MR) is 78.8 cm³/mol. The summed E-state index contributed by atoms with van der Waals surface area (Å²) in [7, 11) is 2.04. The number of nitrogens with zero attached hydrogens (tertiary/aromatic N) is 1. The van der Waals surface area contributed by atoms with Crippen LogP contribution in [0.3, 0.4) is 0 Å². The summed E-state index contributed by atoms with van der Waals surface area (Å²) in [5, 5.41) is 0. The third-order valence-electron chi connectivity index (χ3n) is 4.82. The molecule has 1 aromatic carbocycles. The van der Waals surface area contributed by atoms with E-state index in [0.29, 0.717) is 12.0 Å². The summed E-state index contributed by atoms with van der Waals surface area (Å²) in [6, 6.07) is 6.80. The van der Waals surface area contributed by atoms with E-state index in [9.17, 15) is 4.39 Å². The van der Waals surface area contributed by atoms with Gasteiger partial charge in [-0.1, -0.05) is 19.9 Å². The molecule has 3 heteroatoms. The molecular formula is C16H25FN2. The average molecular weight is 264 g/mol. The van der Waals surface area contributed by atoms with Crippen LogP contribution in [0.1, 0.15) is 39.5 Å². The summed E-state index contributed by atoms with van der Waals surface area (Å²) in [5.74, 6) is -0.187. The van der Waals surface area contributed by atoms with Gasteiger partial charge in [0.05, 0.1) is 5.54 Å². The van der Waals surface area contributed by atoms with E-state index in [1.807, 2.05) is 13.1 Å². The molecule has 1 fully saturated rings. The SMILES string of the molecule is CN(c1cccc(F)c1)C1(CN)CCC(C)(C)CC1. The van der Waals surface area contributed by atoms with E-state index < -0.39 is 0 Å². The van der Waals surface area contributed by atoms with Crippen LogP contribution in [0, 0.1) is 11.2 Å². The molecule has 106 valence electrons. The van der Waals surface area contributed by atoms with E-state index in [2.05, 4.69) is 18.7 Å². The Labute approximate surface area is 115 Å². The first-order valence-corrected chi connectivity index (χ1v) is 7.08. The zero-order chi connectivity index (χ0) is 14.1. The molecule has 1 aromatic rings. The lowest BCUT2D eigenvalue weighted by molar-refractivity contribution is 0.165. The summed E-state index contributed by atoms with van der Waals surface area (Å²) in [4.78, 5) is 2.19. The van der Waals surface area contributed by atoms with E-state index in [1.165, 1.54) is 18.9 Å². The number of hydrogen-bond acceptors (Lipinski definition) is 2. The molecule has 0 aliphatic heterocycles. The summed E-state index contributed by atoms with van der Waals surface area (Å²) in [6.45, 7) is 5.25. The number of anilines is 1. The molecule has 1 saturated carbocycles. The molecule has 0 unspecified atom stereocenters. The normalized spacial score (nSPS) is 21.1. The van der Waals surface area contributed by atoms with Crippen LogP contribution in [0.25, 0.3) is 0 Å². The van der Waals surface area contributed by atoms with Gasteiger partial charge in [-0.2, -0.15) is 0 Å². The molecule has 0 spiro atoms. The summed E-state index contributed by atoms with van der Waals surface area (Å²) < 4.78 is 13.4. The first-order valence-electron chi connectivity index (χ1n) is 7.08. The lowest BCUT2D eigenvalue weighted by atomic mass is 9.68. The summed E-state index contributed by atoms with van der Waals surface area (Å²) in [5.41, 5.74) is 7.37. The van der Waals surface area contributed by atoms with E-state index in [4.69, 9.17) is 5.73 Å². The molecule has 0 aromatic heterocycles. The lowest BCUT2D eigenvalue weighted by Gasteiger charge is -2.49. The first kappa shape index (κ1) is 14.3. The van der Waals surface area contributed by atoms with Crippen molar-refractivity contribution in [1.82, 2.24) is 0 Å². The minimum atomic E-state index is -0.187. The van der Waals surface area contributed by atoms with Gasteiger partial charge in [0.15, 0.2) is 0 Å². The highest BCUT2D eigenvalue weighted by Gasteiger charge is 2.40. The van der Waals surface area contributed by atoms with Crippen LogP contribution in [-0.4, -0.2) is 19.1 Å². The van der Waals surface area contributed by atoms with Gasteiger partial charge in [-0.25, -0.2) is 4.39 Å². The Morgan fingerprint density at radius 2 is 1.84 bits per heavy atom. The smallest absolute Gasteiger partial charge is 0.125 e. The molecule has 1 aliphatic carbocycles. The highest BCUT2D eigenvalue weighted by Crippen LogP contribution is 2.43. The number of halogens is 1. The molecule has 2 rings (SSSR count). The van der Waals surface area contributed by atoms with Gasteiger partial charge >= 0.3 is 0 Å². The Kier molecular flexibility index (Phi) is 3.86. The van der Waals surface area contributed by atoms with Crippen LogP contribution in [0.15, 0.2) is 24.3 Å². The molecular weight excluding hydrogens is 239 g/mol.